The number of rotatable bonds is 13. The molecule has 0 aromatic heterocycles. The minimum atomic E-state index is -1.38. The van der Waals surface area contributed by atoms with Crippen LogP contribution in [0.25, 0.3) is 11.1 Å². The Morgan fingerprint density at radius 3 is 2.25 bits per heavy atom. The summed E-state index contributed by atoms with van der Waals surface area (Å²) in [5, 5.41) is 12.2. The molecule has 5 rings (SSSR count). The second-order valence-corrected chi connectivity index (χ2v) is 12.5. The predicted molar refractivity (Wildman–Crippen MR) is 169 cm³/mol. The van der Waals surface area contributed by atoms with Crippen LogP contribution in [0.3, 0.4) is 0 Å². The van der Waals surface area contributed by atoms with Gasteiger partial charge in [-0.1, -0.05) is 54.6 Å². The molecule has 3 aromatic rings. The smallest absolute Gasteiger partial charge is 0.306 e. The molecule has 0 spiro atoms. The van der Waals surface area contributed by atoms with Crippen molar-refractivity contribution < 1.29 is 28.9 Å². The average molecular weight is 599 g/mol. The molecule has 2 N–H and O–H groups in total. The molecule has 0 radical (unpaired) electrons. The van der Waals surface area contributed by atoms with E-state index < -0.39 is 23.2 Å². The third-order valence-corrected chi connectivity index (χ3v) is 7.73. The number of carbonyl (C=O) groups is 2. The normalized spacial score (nSPS) is 19.5. The Morgan fingerprint density at radius 1 is 0.955 bits per heavy atom. The van der Waals surface area contributed by atoms with Gasteiger partial charge in [-0.3, -0.25) is 9.59 Å². The summed E-state index contributed by atoms with van der Waals surface area (Å²) in [7, 11) is 0. The van der Waals surface area contributed by atoms with E-state index in [1.165, 1.54) is 0 Å². The molecule has 1 aliphatic heterocycles. The quantitative estimate of drug-likeness (QED) is 0.184. The van der Waals surface area contributed by atoms with Crippen LogP contribution in [0, 0.1) is 5.92 Å². The SMILES string of the molecule is CC(C)(C)OC(=O)CC[C@@]1(C(=O)NCC2CC2)N=C(c2ccc(OCCCO)cc2)O[C@@H]1c1ccc(-c2ccccc2)cc1. The molecule has 44 heavy (non-hydrogen) atoms. The fraction of sp³-hybridized carbons (Fsp3) is 0.417. The third kappa shape index (κ3) is 7.85. The Balaban J connectivity index is 1.49. The molecule has 8 nitrogen and oxygen atoms in total. The number of esters is 1. The van der Waals surface area contributed by atoms with Gasteiger partial charge >= 0.3 is 5.97 Å². The van der Waals surface area contributed by atoms with E-state index >= 15 is 0 Å². The largest absolute Gasteiger partial charge is 0.494 e. The second kappa shape index (κ2) is 13.6. The zero-order chi connectivity index (χ0) is 31.2. The second-order valence-electron chi connectivity index (χ2n) is 12.5. The lowest BCUT2D eigenvalue weighted by atomic mass is 9.83. The van der Waals surface area contributed by atoms with E-state index in [1.807, 2.05) is 87.5 Å². The molecule has 2 aliphatic rings. The van der Waals surface area contributed by atoms with E-state index in [-0.39, 0.29) is 25.4 Å². The summed E-state index contributed by atoms with van der Waals surface area (Å²) >= 11 is 0. The van der Waals surface area contributed by atoms with Crippen molar-refractivity contribution in [3.05, 3.63) is 90.0 Å². The van der Waals surface area contributed by atoms with Gasteiger partial charge in [0.15, 0.2) is 11.6 Å². The number of benzene rings is 3. The molecule has 0 bridgehead atoms. The summed E-state index contributed by atoms with van der Waals surface area (Å²) in [6.45, 7) is 6.51. The molecular formula is C36H42N2O6. The standard InChI is InChI=1S/C36H42N2O6/c1-35(2,3)44-31(40)20-21-36(34(41)37-24-25-10-11-25)32(28-14-12-27(13-15-28)26-8-5-4-6-9-26)43-33(38-36)29-16-18-30(19-17-29)42-23-7-22-39/h4-6,8-9,12-19,25,32,39H,7,10-11,20-24H2,1-3H3,(H,37,41)/t32-,36-/m1/s1. The Bertz CT molecular complexity index is 1440. The molecule has 1 saturated carbocycles. The lowest BCUT2D eigenvalue weighted by Crippen LogP contribution is -2.49. The molecule has 232 valence electrons. The van der Waals surface area contributed by atoms with Gasteiger partial charge in [0.05, 0.1) is 6.61 Å². The number of ether oxygens (including phenoxy) is 3. The Labute approximate surface area is 259 Å². The van der Waals surface area contributed by atoms with Gasteiger partial charge in [0.1, 0.15) is 11.4 Å². The molecule has 8 heteroatoms. The maximum Gasteiger partial charge on any atom is 0.306 e. The van der Waals surface area contributed by atoms with Gasteiger partial charge in [-0.15, -0.1) is 0 Å². The monoisotopic (exact) mass is 598 g/mol. The topological polar surface area (TPSA) is 106 Å². The van der Waals surface area contributed by atoms with Crippen molar-refractivity contribution in [1.82, 2.24) is 5.32 Å². The van der Waals surface area contributed by atoms with Crippen molar-refractivity contribution in [3.63, 3.8) is 0 Å². The van der Waals surface area contributed by atoms with E-state index in [0.717, 1.165) is 29.5 Å². The van der Waals surface area contributed by atoms with Gasteiger partial charge in [-0.25, -0.2) is 4.99 Å². The van der Waals surface area contributed by atoms with Crippen molar-refractivity contribution >= 4 is 17.8 Å². The summed E-state index contributed by atoms with van der Waals surface area (Å²) in [5.74, 6) is 0.804. The van der Waals surface area contributed by atoms with Crippen molar-refractivity contribution in [2.24, 2.45) is 10.9 Å². The number of nitrogens with one attached hydrogen (secondary N) is 1. The fourth-order valence-electron chi connectivity index (χ4n) is 5.25. The van der Waals surface area contributed by atoms with E-state index in [0.29, 0.717) is 42.7 Å². The van der Waals surface area contributed by atoms with Crippen LogP contribution in [-0.2, 0) is 19.1 Å². The van der Waals surface area contributed by atoms with Gasteiger partial charge < -0.3 is 24.6 Å². The van der Waals surface area contributed by atoms with E-state index in [4.69, 9.17) is 24.3 Å². The molecule has 1 fully saturated rings. The number of amides is 1. The zero-order valence-corrected chi connectivity index (χ0v) is 25.8. The predicted octanol–water partition coefficient (Wildman–Crippen LogP) is 6.02. The Kier molecular flexibility index (Phi) is 9.69. The number of aliphatic hydroxyl groups is 1. The van der Waals surface area contributed by atoms with Crippen LogP contribution >= 0.6 is 0 Å². The number of hydrogen-bond acceptors (Lipinski definition) is 7. The molecule has 0 saturated heterocycles. The van der Waals surface area contributed by atoms with Crippen LogP contribution in [0.2, 0.25) is 0 Å². The highest BCUT2D eigenvalue weighted by Gasteiger charge is 2.53. The van der Waals surface area contributed by atoms with Crippen LogP contribution in [0.5, 0.6) is 5.75 Å². The Morgan fingerprint density at radius 2 is 1.61 bits per heavy atom. The molecule has 1 amide bonds. The lowest BCUT2D eigenvalue weighted by Gasteiger charge is -2.31. The minimum absolute atomic E-state index is 0.00446. The molecule has 3 aromatic carbocycles. The minimum Gasteiger partial charge on any atom is -0.494 e. The highest BCUT2D eigenvalue weighted by atomic mass is 16.6. The van der Waals surface area contributed by atoms with Gasteiger partial charge in [0.2, 0.25) is 5.90 Å². The number of nitrogens with zero attached hydrogens (tertiary/aromatic N) is 1. The summed E-state index contributed by atoms with van der Waals surface area (Å²) < 4.78 is 17.9. The lowest BCUT2D eigenvalue weighted by molar-refractivity contribution is -0.155. The number of carbonyl (C=O) groups excluding carboxylic acids is 2. The maximum atomic E-state index is 14.2. The average Bonchev–Trinajstić information content (AvgIpc) is 3.77. The molecule has 0 unspecified atom stereocenters. The number of aliphatic hydroxyl groups excluding tert-OH is 1. The summed E-state index contributed by atoms with van der Waals surface area (Å²) in [4.78, 5) is 32.1. The first-order chi connectivity index (χ1) is 21.2. The summed E-state index contributed by atoms with van der Waals surface area (Å²) in [6.07, 6.45) is 2.09. The van der Waals surface area contributed by atoms with Gasteiger partial charge in [0.25, 0.3) is 5.91 Å². The Hall–Kier alpha value is -4.17. The fourth-order valence-corrected chi connectivity index (χ4v) is 5.25. The first-order valence-corrected chi connectivity index (χ1v) is 15.4. The van der Waals surface area contributed by atoms with Crippen molar-refractivity contribution in [3.8, 4) is 16.9 Å². The highest BCUT2D eigenvalue weighted by molar-refractivity contribution is 6.01. The molecule has 2 atom stereocenters. The highest BCUT2D eigenvalue weighted by Crippen LogP contribution is 2.44. The summed E-state index contributed by atoms with van der Waals surface area (Å²) in [5.41, 5.74) is 1.59. The van der Waals surface area contributed by atoms with E-state index in [2.05, 4.69) is 17.4 Å². The van der Waals surface area contributed by atoms with Crippen molar-refractivity contribution in [2.75, 3.05) is 19.8 Å². The van der Waals surface area contributed by atoms with E-state index in [9.17, 15) is 9.59 Å². The maximum absolute atomic E-state index is 14.2. The van der Waals surface area contributed by atoms with E-state index in [1.54, 1.807) is 0 Å². The van der Waals surface area contributed by atoms with Gasteiger partial charge in [0, 0.05) is 31.6 Å². The van der Waals surface area contributed by atoms with Crippen LogP contribution in [-0.4, -0.2) is 53.8 Å². The van der Waals surface area contributed by atoms with Gasteiger partial charge in [-0.2, -0.15) is 0 Å². The third-order valence-electron chi connectivity index (χ3n) is 7.73. The van der Waals surface area contributed by atoms with Crippen molar-refractivity contribution in [1.29, 1.82) is 0 Å². The summed E-state index contributed by atoms with van der Waals surface area (Å²) in [6, 6.07) is 25.4. The first kappa shape index (κ1) is 31.3. The van der Waals surface area contributed by atoms with Crippen LogP contribution in [0.4, 0.5) is 0 Å². The van der Waals surface area contributed by atoms with Crippen LogP contribution in [0.15, 0.2) is 83.9 Å². The van der Waals surface area contributed by atoms with Crippen LogP contribution in [0.1, 0.15) is 70.1 Å². The molecule has 1 aliphatic carbocycles. The molecule has 1 heterocycles. The molecular weight excluding hydrogens is 556 g/mol. The zero-order valence-electron chi connectivity index (χ0n) is 25.8. The van der Waals surface area contributed by atoms with Crippen molar-refractivity contribution in [2.45, 2.75) is 70.1 Å². The number of aliphatic imine (C=N–C) groups is 1. The number of hydrogen-bond donors (Lipinski definition) is 2. The van der Waals surface area contributed by atoms with Gasteiger partial charge in [-0.05, 0) is 86.9 Å². The first-order valence-electron chi connectivity index (χ1n) is 15.4. The van der Waals surface area contributed by atoms with Crippen LogP contribution < -0.4 is 10.1 Å².